The first-order valence-corrected chi connectivity index (χ1v) is 6.19. The van der Waals surface area contributed by atoms with E-state index in [1.807, 2.05) is 18.2 Å². The Hall–Kier alpha value is -2.17. The van der Waals surface area contributed by atoms with Gasteiger partial charge in [0, 0.05) is 6.54 Å². The van der Waals surface area contributed by atoms with E-state index in [1.54, 1.807) is 0 Å². The molecule has 2 rings (SSSR count). The van der Waals surface area contributed by atoms with Gasteiger partial charge in [-0.25, -0.2) is 4.79 Å². The van der Waals surface area contributed by atoms with Crippen molar-refractivity contribution >= 4 is 6.09 Å². The monoisotopic (exact) mass is 263 g/mol. The SMILES string of the molecule is C=CCOC(=O)NCCc1ccc2c(c1)OCCO2. The molecule has 1 heterocycles. The zero-order valence-corrected chi connectivity index (χ0v) is 10.7. The van der Waals surface area contributed by atoms with Crippen LogP contribution in [0.15, 0.2) is 30.9 Å². The normalized spacial score (nSPS) is 12.6. The number of rotatable bonds is 5. The molecule has 1 aliphatic heterocycles. The number of alkyl carbamates (subject to hydrolysis) is 1. The van der Waals surface area contributed by atoms with Gasteiger partial charge in [-0.1, -0.05) is 18.7 Å². The van der Waals surface area contributed by atoms with Crippen LogP contribution in [0.2, 0.25) is 0 Å². The van der Waals surface area contributed by atoms with E-state index in [4.69, 9.17) is 14.2 Å². The van der Waals surface area contributed by atoms with Gasteiger partial charge < -0.3 is 19.5 Å². The van der Waals surface area contributed by atoms with Crippen LogP contribution in [0, 0.1) is 0 Å². The Bertz CT molecular complexity index is 459. The van der Waals surface area contributed by atoms with Gasteiger partial charge in [0.1, 0.15) is 19.8 Å². The Labute approximate surface area is 112 Å². The topological polar surface area (TPSA) is 56.8 Å². The summed E-state index contributed by atoms with van der Waals surface area (Å²) in [6.45, 7) is 5.36. The smallest absolute Gasteiger partial charge is 0.407 e. The van der Waals surface area contributed by atoms with Crippen LogP contribution >= 0.6 is 0 Å². The van der Waals surface area contributed by atoms with E-state index < -0.39 is 6.09 Å². The fourth-order valence-corrected chi connectivity index (χ4v) is 1.74. The van der Waals surface area contributed by atoms with Gasteiger partial charge >= 0.3 is 6.09 Å². The molecular weight excluding hydrogens is 246 g/mol. The Morgan fingerprint density at radius 1 is 1.37 bits per heavy atom. The average molecular weight is 263 g/mol. The molecule has 1 aromatic rings. The molecule has 0 spiro atoms. The van der Waals surface area contributed by atoms with Gasteiger partial charge in [-0.3, -0.25) is 0 Å². The minimum absolute atomic E-state index is 0.218. The summed E-state index contributed by atoms with van der Waals surface area (Å²) in [5.41, 5.74) is 1.08. The summed E-state index contributed by atoms with van der Waals surface area (Å²) in [6, 6.07) is 5.79. The van der Waals surface area contributed by atoms with Crippen molar-refractivity contribution in [3.8, 4) is 11.5 Å². The Morgan fingerprint density at radius 3 is 2.95 bits per heavy atom. The number of amides is 1. The highest BCUT2D eigenvalue weighted by Gasteiger charge is 2.11. The third kappa shape index (κ3) is 3.91. The number of ether oxygens (including phenoxy) is 3. The molecule has 0 aliphatic carbocycles. The second-order valence-corrected chi connectivity index (χ2v) is 4.04. The summed E-state index contributed by atoms with van der Waals surface area (Å²) in [7, 11) is 0. The van der Waals surface area contributed by atoms with E-state index in [1.165, 1.54) is 6.08 Å². The third-order valence-electron chi connectivity index (χ3n) is 2.62. The summed E-state index contributed by atoms with van der Waals surface area (Å²) >= 11 is 0. The highest BCUT2D eigenvalue weighted by molar-refractivity contribution is 5.67. The maximum Gasteiger partial charge on any atom is 0.407 e. The van der Waals surface area contributed by atoms with Gasteiger partial charge in [0.25, 0.3) is 0 Å². The molecule has 1 aromatic carbocycles. The van der Waals surface area contributed by atoms with Crippen LogP contribution in [-0.4, -0.2) is 32.5 Å². The molecule has 0 saturated heterocycles. The van der Waals surface area contributed by atoms with Crippen molar-refractivity contribution in [2.45, 2.75) is 6.42 Å². The lowest BCUT2D eigenvalue weighted by atomic mass is 10.1. The first-order valence-electron chi connectivity index (χ1n) is 6.19. The van der Waals surface area contributed by atoms with Crippen molar-refractivity contribution in [1.29, 1.82) is 0 Å². The summed E-state index contributed by atoms with van der Waals surface area (Å²) < 4.78 is 15.7. The molecule has 0 atom stereocenters. The molecule has 0 saturated carbocycles. The fourth-order valence-electron chi connectivity index (χ4n) is 1.74. The van der Waals surface area contributed by atoms with Crippen molar-refractivity contribution in [3.63, 3.8) is 0 Å². The predicted octanol–water partition coefficient (Wildman–Crippen LogP) is 1.91. The quantitative estimate of drug-likeness (QED) is 0.824. The summed E-state index contributed by atoms with van der Waals surface area (Å²) in [6.07, 6.45) is 1.80. The standard InChI is InChI=1S/C14H17NO4/c1-2-7-19-14(16)15-6-5-11-3-4-12-13(10-11)18-9-8-17-12/h2-4,10H,1,5-9H2,(H,15,16). The largest absolute Gasteiger partial charge is 0.486 e. The predicted molar refractivity (Wildman–Crippen MR) is 70.7 cm³/mol. The van der Waals surface area contributed by atoms with Crippen molar-refractivity contribution < 1.29 is 19.0 Å². The molecule has 1 aliphatic rings. The van der Waals surface area contributed by atoms with Crippen LogP contribution in [0.4, 0.5) is 4.79 Å². The zero-order chi connectivity index (χ0) is 13.5. The lowest BCUT2D eigenvalue weighted by molar-refractivity contribution is 0.158. The van der Waals surface area contributed by atoms with Crippen LogP contribution < -0.4 is 14.8 Å². The van der Waals surface area contributed by atoms with E-state index >= 15 is 0 Å². The minimum atomic E-state index is -0.433. The van der Waals surface area contributed by atoms with Crippen LogP contribution in [0.25, 0.3) is 0 Å². The molecule has 0 radical (unpaired) electrons. The van der Waals surface area contributed by atoms with Crippen molar-refractivity contribution in [1.82, 2.24) is 5.32 Å². The highest BCUT2D eigenvalue weighted by atomic mass is 16.6. The van der Waals surface area contributed by atoms with E-state index in [0.29, 0.717) is 26.2 Å². The molecule has 19 heavy (non-hydrogen) atoms. The lowest BCUT2D eigenvalue weighted by Crippen LogP contribution is -2.26. The molecule has 1 N–H and O–H groups in total. The molecule has 102 valence electrons. The van der Waals surface area contributed by atoms with Crippen LogP contribution in [0.1, 0.15) is 5.56 Å². The third-order valence-corrected chi connectivity index (χ3v) is 2.62. The van der Waals surface area contributed by atoms with E-state index in [2.05, 4.69) is 11.9 Å². The number of hydrogen-bond donors (Lipinski definition) is 1. The molecule has 0 unspecified atom stereocenters. The van der Waals surface area contributed by atoms with Gasteiger partial charge in [0.15, 0.2) is 11.5 Å². The van der Waals surface area contributed by atoms with E-state index in [-0.39, 0.29) is 6.61 Å². The van der Waals surface area contributed by atoms with Crippen LogP contribution in [0.3, 0.4) is 0 Å². The number of carbonyl (C=O) groups is 1. The molecule has 1 amide bonds. The zero-order valence-electron chi connectivity index (χ0n) is 10.7. The van der Waals surface area contributed by atoms with Crippen LogP contribution in [-0.2, 0) is 11.2 Å². The van der Waals surface area contributed by atoms with Crippen molar-refractivity contribution in [3.05, 3.63) is 36.4 Å². The number of fused-ring (bicyclic) bond motifs is 1. The van der Waals surface area contributed by atoms with Gasteiger partial charge in [-0.15, -0.1) is 0 Å². The van der Waals surface area contributed by atoms with Crippen LogP contribution in [0.5, 0.6) is 11.5 Å². The number of nitrogens with one attached hydrogen (secondary N) is 1. The van der Waals surface area contributed by atoms with Gasteiger partial charge in [-0.2, -0.15) is 0 Å². The summed E-state index contributed by atoms with van der Waals surface area (Å²) in [4.78, 5) is 11.2. The number of benzene rings is 1. The number of hydrogen-bond acceptors (Lipinski definition) is 4. The average Bonchev–Trinajstić information content (AvgIpc) is 2.45. The number of carbonyl (C=O) groups excluding carboxylic acids is 1. The molecule has 0 aromatic heterocycles. The molecule has 5 heteroatoms. The molecule has 0 fully saturated rings. The highest BCUT2D eigenvalue weighted by Crippen LogP contribution is 2.30. The Balaban J connectivity index is 1.80. The maximum absolute atomic E-state index is 11.2. The fraction of sp³-hybridized carbons (Fsp3) is 0.357. The van der Waals surface area contributed by atoms with Gasteiger partial charge in [0.05, 0.1) is 0 Å². The Kier molecular flexibility index (Phi) is 4.66. The van der Waals surface area contributed by atoms with Gasteiger partial charge in [-0.05, 0) is 24.1 Å². The van der Waals surface area contributed by atoms with E-state index in [9.17, 15) is 4.79 Å². The summed E-state index contributed by atoms with van der Waals surface area (Å²) in [5, 5.41) is 2.67. The second-order valence-electron chi connectivity index (χ2n) is 4.04. The maximum atomic E-state index is 11.2. The van der Waals surface area contributed by atoms with Gasteiger partial charge in [0.2, 0.25) is 0 Å². The molecular formula is C14H17NO4. The second kappa shape index (κ2) is 6.68. The first kappa shape index (κ1) is 13.3. The van der Waals surface area contributed by atoms with Crippen molar-refractivity contribution in [2.24, 2.45) is 0 Å². The summed E-state index contributed by atoms with van der Waals surface area (Å²) in [5.74, 6) is 1.53. The van der Waals surface area contributed by atoms with E-state index in [0.717, 1.165) is 17.1 Å². The lowest BCUT2D eigenvalue weighted by Gasteiger charge is -2.18. The Morgan fingerprint density at radius 2 is 2.16 bits per heavy atom. The molecule has 0 bridgehead atoms. The minimum Gasteiger partial charge on any atom is -0.486 e. The first-order chi connectivity index (χ1) is 9.29. The van der Waals surface area contributed by atoms with Crippen molar-refractivity contribution in [2.75, 3.05) is 26.4 Å². The molecule has 5 nitrogen and oxygen atoms in total.